The number of nitrogens with one attached hydrogen (secondary N) is 1. The molecule has 0 radical (unpaired) electrons. The normalized spacial score (nSPS) is 11.0. The number of carbonyl (C=O) groups excluding carboxylic acids is 1. The van der Waals surface area contributed by atoms with E-state index in [9.17, 15) is 4.79 Å². The van der Waals surface area contributed by atoms with Crippen molar-refractivity contribution in [2.45, 2.75) is 39.4 Å². The zero-order chi connectivity index (χ0) is 18.0. The van der Waals surface area contributed by atoms with Crippen LogP contribution in [0.1, 0.15) is 22.4 Å². The molecular formula is C15H18N6OS3. The van der Waals surface area contributed by atoms with Crippen LogP contribution >= 0.6 is 34.4 Å². The van der Waals surface area contributed by atoms with Crippen LogP contribution in [0.3, 0.4) is 0 Å². The van der Waals surface area contributed by atoms with Crippen molar-refractivity contribution in [3.8, 4) is 11.4 Å². The van der Waals surface area contributed by atoms with Crippen LogP contribution in [0.4, 0.5) is 5.13 Å². The van der Waals surface area contributed by atoms with E-state index in [0.717, 1.165) is 28.1 Å². The van der Waals surface area contributed by atoms with Gasteiger partial charge in [0.2, 0.25) is 11.0 Å². The Morgan fingerprint density at radius 3 is 2.64 bits per heavy atom. The zero-order valence-corrected chi connectivity index (χ0v) is 16.8. The molecule has 132 valence electrons. The molecule has 1 N–H and O–H groups in total. The molecule has 0 saturated carbocycles. The van der Waals surface area contributed by atoms with Gasteiger partial charge in [-0.25, -0.2) is 0 Å². The highest BCUT2D eigenvalue weighted by Crippen LogP contribution is 2.31. The van der Waals surface area contributed by atoms with Crippen molar-refractivity contribution in [2.24, 2.45) is 0 Å². The van der Waals surface area contributed by atoms with Gasteiger partial charge in [-0.15, -0.1) is 31.7 Å². The van der Waals surface area contributed by atoms with Crippen molar-refractivity contribution in [3.05, 3.63) is 20.8 Å². The minimum Gasteiger partial charge on any atom is -0.302 e. The topological polar surface area (TPSA) is 85.6 Å². The van der Waals surface area contributed by atoms with Gasteiger partial charge >= 0.3 is 0 Å². The van der Waals surface area contributed by atoms with Crippen molar-refractivity contribution in [3.63, 3.8) is 0 Å². The molecule has 7 nitrogen and oxygen atoms in total. The van der Waals surface area contributed by atoms with Gasteiger partial charge in [0.15, 0.2) is 11.0 Å². The third-order valence-corrected chi connectivity index (χ3v) is 6.40. The van der Waals surface area contributed by atoms with Crippen LogP contribution in [0.5, 0.6) is 0 Å². The molecule has 1 amide bonds. The third kappa shape index (κ3) is 3.91. The first-order valence-electron chi connectivity index (χ1n) is 7.70. The van der Waals surface area contributed by atoms with Crippen LogP contribution in [0, 0.1) is 20.8 Å². The van der Waals surface area contributed by atoms with Crippen LogP contribution in [0.25, 0.3) is 11.4 Å². The molecule has 0 bridgehead atoms. The summed E-state index contributed by atoms with van der Waals surface area (Å²) in [6.07, 6.45) is 0. The third-order valence-electron chi connectivity index (χ3n) is 3.66. The Morgan fingerprint density at radius 1 is 1.24 bits per heavy atom. The van der Waals surface area contributed by atoms with Crippen LogP contribution < -0.4 is 5.32 Å². The van der Waals surface area contributed by atoms with E-state index in [1.54, 1.807) is 11.3 Å². The van der Waals surface area contributed by atoms with E-state index >= 15 is 0 Å². The Balaban J connectivity index is 1.71. The number of aromatic nitrogens is 5. The van der Waals surface area contributed by atoms with Gasteiger partial charge in [-0.1, -0.05) is 23.1 Å². The van der Waals surface area contributed by atoms with Crippen LogP contribution in [-0.2, 0) is 11.3 Å². The van der Waals surface area contributed by atoms with E-state index in [4.69, 9.17) is 0 Å². The second-order valence-electron chi connectivity index (χ2n) is 5.34. The van der Waals surface area contributed by atoms with Gasteiger partial charge in [0.1, 0.15) is 5.01 Å². The maximum absolute atomic E-state index is 12.1. The minimum absolute atomic E-state index is 0.129. The summed E-state index contributed by atoms with van der Waals surface area (Å²) in [7, 11) is 0. The van der Waals surface area contributed by atoms with E-state index in [1.807, 2.05) is 11.5 Å². The Labute approximate surface area is 157 Å². The average Bonchev–Trinajstić information content (AvgIpc) is 3.26. The largest absolute Gasteiger partial charge is 0.302 e. The first-order chi connectivity index (χ1) is 12.0. The highest BCUT2D eigenvalue weighted by Gasteiger charge is 2.18. The Kier molecular flexibility index (Phi) is 5.50. The first kappa shape index (κ1) is 18.0. The second kappa shape index (κ2) is 7.63. The number of hydrogen-bond acceptors (Lipinski definition) is 8. The highest BCUT2D eigenvalue weighted by molar-refractivity contribution is 7.99. The molecule has 3 aromatic rings. The van der Waals surface area contributed by atoms with Gasteiger partial charge in [-0.3, -0.25) is 10.1 Å². The Morgan fingerprint density at radius 2 is 2.04 bits per heavy atom. The number of rotatable bonds is 6. The van der Waals surface area contributed by atoms with E-state index in [1.165, 1.54) is 33.5 Å². The molecule has 0 aromatic carbocycles. The van der Waals surface area contributed by atoms with E-state index < -0.39 is 0 Å². The molecule has 0 atom stereocenters. The summed E-state index contributed by atoms with van der Waals surface area (Å²) in [4.78, 5) is 13.4. The number of amides is 1. The quantitative estimate of drug-likeness (QED) is 0.644. The van der Waals surface area contributed by atoms with E-state index in [2.05, 4.69) is 51.9 Å². The van der Waals surface area contributed by atoms with Crippen LogP contribution in [-0.4, -0.2) is 36.6 Å². The van der Waals surface area contributed by atoms with Crippen molar-refractivity contribution < 1.29 is 4.79 Å². The van der Waals surface area contributed by atoms with Gasteiger partial charge < -0.3 is 4.57 Å². The summed E-state index contributed by atoms with van der Waals surface area (Å²) in [6.45, 7) is 8.85. The predicted molar refractivity (Wildman–Crippen MR) is 102 cm³/mol. The molecular weight excluding hydrogens is 376 g/mol. The lowest BCUT2D eigenvalue weighted by Crippen LogP contribution is -2.14. The molecule has 0 aliphatic heterocycles. The predicted octanol–water partition coefficient (Wildman–Crippen LogP) is 3.53. The van der Waals surface area contributed by atoms with Crippen molar-refractivity contribution >= 4 is 45.5 Å². The average molecular weight is 395 g/mol. The summed E-state index contributed by atoms with van der Waals surface area (Å²) >= 11 is 4.44. The Bertz CT molecular complexity index is 897. The minimum atomic E-state index is -0.129. The molecule has 0 fully saturated rings. The molecule has 3 heterocycles. The van der Waals surface area contributed by atoms with E-state index in [-0.39, 0.29) is 11.7 Å². The van der Waals surface area contributed by atoms with Gasteiger partial charge in [0, 0.05) is 22.4 Å². The molecule has 25 heavy (non-hydrogen) atoms. The van der Waals surface area contributed by atoms with E-state index in [0.29, 0.717) is 5.13 Å². The fraction of sp³-hybridized carbons (Fsp3) is 0.400. The lowest BCUT2D eigenvalue weighted by molar-refractivity contribution is -0.113. The maximum Gasteiger partial charge on any atom is 0.236 e. The smallest absolute Gasteiger partial charge is 0.236 e. The first-order valence-corrected chi connectivity index (χ1v) is 10.4. The highest BCUT2D eigenvalue weighted by atomic mass is 32.2. The summed E-state index contributed by atoms with van der Waals surface area (Å²) in [5.41, 5.74) is 2.34. The number of thioether (sulfide) groups is 1. The standard InChI is InChI=1S/C15H18N6OS3/c1-5-21-13(11-6-23-9(3)8(11)2)18-20-15(21)24-7-12(22)16-14-19-17-10(4)25-14/h6H,5,7H2,1-4H3,(H,16,19,22). The van der Waals surface area contributed by atoms with Gasteiger partial charge in [-0.05, 0) is 33.3 Å². The molecule has 0 unspecified atom stereocenters. The summed E-state index contributed by atoms with van der Waals surface area (Å²) < 4.78 is 2.04. The summed E-state index contributed by atoms with van der Waals surface area (Å²) in [6, 6.07) is 0. The van der Waals surface area contributed by atoms with Crippen molar-refractivity contribution in [1.29, 1.82) is 0 Å². The Hall–Kier alpha value is -1.78. The number of carbonyl (C=O) groups is 1. The zero-order valence-electron chi connectivity index (χ0n) is 14.4. The summed E-state index contributed by atoms with van der Waals surface area (Å²) in [5.74, 6) is 0.973. The lowest BCUT2D eigenvalue weighted by Gasteiger charge is -2.07. The summed E-state index contributed by atoms with van der Waals surface area (Å²) in [5, 5.41) is 23.3. The van der Waals surface area contributed by atoms with Gasteiger partial charge in [0.05, 0.1) is 5.75 Å². The number of nitrogens with zero attached hydrogens (tertiary/aromatic N) is 5. The fourth-order valence-corrected chi connectivity index (χ4v) is 4.52. The molecule has 0 spiro atoms. The van der Waals surface area contributed by atoms with Gasteiger partial charge in [-0.2, -0.15) is 0 Å². The van der Waals surface area contributed by atoms with Crippen molar-refractivity contribution in [1.82, 2.24) is 25.0 Å². The second-order valence-corrected chi connectivity index (χ2v) is 8.55. The molecule has 10 heteroatoms. The maximum atomic E-state index is 12.1. The van der Waals surface area contributed by atoms with Gasteiger partial charge in [0.25, 0.3) is 0 Å². The van der Waals surface area contributed by atoms with Crippen molar-refractivity contribution in [2.75, 3.05) is 11.1 Å². The lowest BCUT2D eigenvalue weighted by atomic mass is 10.1. The monoisotopic (exact) mass is 394 g/mol. The molecule has 0 aliphatic carbocycles. The number of thiophene rings is 1. The molecule has 0 saturated heterocycles. The molecule has 0 aliphatic rings. The molecule has 3 rings (SSSR count). The molecule has 3 aromatic heterocycles. The SMILES string of the molecule is CCn1c(SCC(=O)Nc2nnc(C)s2)nnc1-c1csc(C)c1C. The number of hydrogen-bond donors (Lipinski definition) is 1. The fourth-order valence-electron chi connectivity index (χ4n) is 2.25. The number of anilines is 1. The van der Waals surface area contributed by atoms with Crippen LogP contribution in [0.2, 0.25) is 0 Å². The van der Waals surface area contributed by atoms with Crippen LogP contribution in [0.15, 0.2) is 10.5 Å². The number of aryl methyl sites for hydroxylation is 2.